The first-order valence-corrected chi connectivity index (χ1v) is 35.1. The minimum absolute atomic E-state index is 0.177. The maximum atomic E-state index is 12.9. The molecule has 0 radical (unpaired) electrons. The number of allylic oxidation sites excluding steroid dienone is 18. The van der Waals surface area contributed by atoms with Crippen LogP contribution in [0.15, 0.2) is 109 Å². The first-order chi connectivity index (χ1) is 41.6. The normalized spacial score (nSPS) is 13.4. The van der Waals surface area contributed by atoms with Crippen LogP contribution >= 0.6 is 0 Å². The molecule has 85 heavy (non-hydrogen) atoms. The number of rotatable bonds is 64. The Hall–Kier alpha value is -4.05. The van der Waals surface area contributed by atoms with E-state index in [9.17, 15) is 19.5 Å². The van der Waals surface area contributed by atoms with Crippen LogP contribution in [0.3, 0.4) is 0 Å². The van der Waals surface area contributed by atoms with E-state index in [0.717, 1.165) is 96.3 Å². The van der Waals surface area contributed by atoms with Gasteiger partial charge < -0.3 is 28.5 Å². The van der Waals surface area contributed by atoms with Crippen LogP contribution < -0.4 is 0 Å². The van der Waals surface area contributed by atoms with Gasteiger partial charge in [-0.1, -0.05) is 309 Å². The van der Waals surface area contributed by atoms with Gasteiger partial charge in [0.1, 0.15) is 13.2 Å². The predicted molar refractivity (Wildman–Crippen MR) is 364 cm³/mol. The van der Waals surface area contributed by atoms with Crippen LogP contribution in [-0.2, 0) is 33.3 Å². The Kier molecular flexibility index (Phi) is 62.8. The van der Waals surface area contributed by atoms with Gasteiger partial charge in [0.25, 0.3) is 6.29 Å². The van der Waals surface area contributed by atoms with Crippen LogP contribution in [0.25, 0.3) is 0 Å². The first-order valence-electron chi connectivity index (χ1n) is 35.1. The lowest BCUT2D eigenvalue weighted by molar-refractivity contribution is -0.870. The Morgan fingerprint density at radius 3 is 1.00 bits per heavy atom. The fraction of sp³-hybridized carbons (Fsp3) is 0.724. The third-order valence-corrected chi connectivity index (χ3v) is 15.0. The molecule has 9 nitrogen and oxygen atoms in total. The smallest absolute Gasteiger partial charge is 0.361 e. The number of nitrogens with zero attached hydrogens (tertiary/aromatic N) is 1. The van der Waals surface area contributed by atoms with Gasteiger partial charge in [-0.3, -0.25) is 9.59 Å². The highest BCUT2D eigenvalue weighted by molar-refractivity contribution is 5.71. The molecule has 0 aliphatic heterocycles. The summed E-state index contributed by atoms with van der Waals surface area (Å²) in [6, 6.07) is 0. The zero-order valence-corrected chi connectivity index (χ0v) is 55.7. The van der Waals surface area contributed by atoms with Crippen LogP contribution in [0.1, 0.15) is 296 Å². The molecule has 0 aromatic rings. The van der Waals surface area contributed by atoms with Crippen molar-refractivity contribution in [1.82, 2.24) is 0 Å². The number of unbranched alkanes of at least 4 members (excludes halogenated alkanes) is 31. The average Bonchev–Trinajstić information content (AvgIpc) is 3.49. The number of aliphatic carboxylic acids is 1. The fourth-order valence-corrected chi connectivity index (χ4v) is 9.71. The number of quaternary nitrogens is 1. The molecule has 0 aliphatic carbocycles. The summed E-state index contributed by atoms with van der Waals surface area (Å²) in [5.74, 6) is -2.05. The van der Waals surface area contributed by atoms with Crippen LogP contribution in [0, 0.1) is 0 Å². The Morgan fingerprint density at radius 1 is 0.365 bits per heavy atom. The SMILES string of the molecule is CC/C=C\C/C=C\C/C=C\C/C=C\C/C=C\C/C=C\C/C=C\C/C=C\C/C=C\CCCCCC(=O)OC(COC(=O)CCCCCCCCCCCCCCCCCCCCCCCCCCCCCCC)COC(OCC[N+](C)(C)C)C(=O)O. The van der Waals surface area contributed by atoms with Crippen molar-refractivity contribution in [3.63, 3.8) is 0 Å². The van der Waals surface area contributed by atoms with Gasteiger partial charge in [-0.2, -0.15) is 0 Å². The summed E-state index contributed by atoms with van der Waals surface area (Å²) in [4.78, 5) is 37.6. The van der Waals surface area contributed by atoms with E-state index in [2.05, 4.69) is 123 Å². The second-order valence-corrected chi connectivity index (χ2v) is 24.5. The highest BCUT2D eigenvalue weighted by atomic mass is 16.7. The van der Waals surface area contributed by atoms with E-state index in [0.29, 0.717) is 23.9 Å². The second kappa shape index (κ2) is 65.9. The quantitative estimate of drug-likeness (QED) is 0.0211. The predicted octanol–water partition coefficient (Wildman–Crippen LogP) is 21.8. The average molecular weight is 1190 g/mol. The zero-order valence-electron chi connectivity index (χ0n) is 55.7. The van der Waals surface area contributed by atoms with Gasteiger partial charge in [-0.25, -0.2) is 4.79 Å². The van der Waals surface area contributed by atoms with Crippen molar-refractivity contribution in [3.05, 3.63) is 109 Å². The van der Waals surface area contributed by atoms with E-state index >= 15 is 0 Å². The third kappa shape index (κ3) is 67.3. The molecule has 0 heterocycles. The van der Waals surface area contributed by atoms with E-state index in [1.54, 1.807) is 0 Å². The summed E-state index contributed by atoms with van der Waals surface area (Å²) >= 11 is 0. The van der Waals surface area contributed by atoms with Crippen molar-refractivity contribution >= 4 is 17.9 Å². The van der Waals surface area contributed by atoms with Gasteiger partial charge in [0, 0.05) is 12.8 Å². The molecule has 9 heteroatoms. The molecule has 0 aromatic carbocycles. The maximum absolute atomic E-state index is 12.9. The van der Waals surface area contributed by atoms with Crippen molar-refractivity contribution < 1.29 is 42.9 Å². The fourth-order valence-electron chi connectivity index (χ4n) is 9.71. The highest BCUT2D eigenvalue weighted by Gasteiger charge is 2.25. The summed E-state index contributed by atoms with van der Waals surface area (Å²) < 4.78 is 22.9. The van der Waals surface area contributed by atoms with Crippen LogP contribution in [0.4, 0.5) is 0 Å². The van der Waals surface area contributed by atoms with E-state index in [-0.39, 0.29) is 32.2 Å². The van der Waals surface area contributed by atoms with Crippen LogP contribution in [0.2, 0.25) is 0 Å². The summed E-state index contributed by atoms with van der Waals surface area (Å²) in [7, 11) is 5.96. The number of carbonyl (C=O) groups excluding carboxylic acids is 2. The Balaban J connectivity index is 4.21. The lowest BCUT2D eigenvalue weighted by atomic mass is 10.0. The number of carboxylic acid groups (broad SMARTS) is 1. The van der Waals surface area contributed by atoms with E-state index in [1.807, 2.05) is 21.1 Å². The lowest BCUT2D eigenvalue weighted by Crippen LogP contribution is -2.40. The number of likely N-dealkylation sites (N-methyl/N-ethyl adjacent to an activating group) is 1. The molecule has 0 saturated carbocycles. The monoisotopic (exact) mass is 1190 g/mol. The number of hydrogen-bond donors (Lipinski definition) is 1. The standard InChI is InChI=1S/C76H131NO8/c1-6-8-10-12-14-16-18-20-22-24-26-28-30-32-34-36-37-39-41-43-45-47-49-51-53-55-57-59-61-63-65-67-74(79)85-72(71-84-76(75(80)81)82-69-68-77(3,4)5)70-83-73(78)66-64-62-60-58-56-54-52-50-48-46-44-42-40-38-35-33-31-29-27-25-23-21-19-17-15-13-11-9-7-2/h8,10,14,16,20,22,26,28,32,34,37,39,43,45,49,51,55,57,72,76H,6-7,9,11-13,15,17-19,21,23-25,27,29-31,33,35-36,38,40-42,44,46-48,50,52-54,56,58-71H2,1-5H3/p+1/b10-8-,16-14-,22-20-,28-26-,34-32-,39-37-,45-43-,51-49-,57-55-. The number of esters is 2. The van der Waals surface area contributed by atoms with E-state index < -0.39 is 24.3 Å². The Bertz CT molecular complexity index is 1760. The minimum Gasteiger partial charge on any atom is -0.477 e. The topological polar surface area (TPSA) is 108 Å². The van der Waals surface area contributed by atoms with Gasteiger partial charge in [-0.05, 0) is 83.5 Å². The lowest BCUT2D eigenvalue weighted by Gasteiger charge is -2.25. The largest absolute Gasteiger partial charge is 0.477 e. The third-order valence-electron chi connectivity index (χ3n) is 15.0. The van der Waals surface area contributed by atoms with Gasteiger partial charge in [0.15, 0.2) is 6.10 Å². The molecular weight excluding hydrogens is 1050 g/mol. The van der Waals surface area contributed by atoms with Gasteiger partial charge in [-0.15, -0.1) is 0 Å². The van der Waals surface area contributed by atoms with Crippen LogP contribution in [-0.4, -0.2) is 87.4 Å². The molecule has 0 aromatic heterocycles. The molecule has 0 aliphatic rings. The van der Waals surface area contributed by atoms with Crippen molar-refractivity contribution in [2.24, 2.45) is 0 Å². The molecule has 0 fully saturated rings. The maximum Gasteiger partial charge on any atom is 0.361 e. The summed E-state index contributed by atoms with van der Waals surface area (Å²) in [5, 5.41) is 9.74. The molecule has 2 atom stereocenters. The molecular formula is C76H132NO8+. The van der Waals surface area contributed by atoms with Gasteiger partial charge in [0.2, 0.25) is 0 Å². The zero-order chi connectivity index (χ0) is 61.9. The molecule has 0 saturated heterocycles. The van der Waals surface area contributed by atoms with Crippen molar-refractivity contribution in [2.45, 2.75) is 309 Å². The number of carbonyl (C=O) groups is 3. The molecule has 0 rings (SSSR count). The summed E-state index contributed by atoms with van der Waals surface area (Å²) in [6.07, 6.45) is 89.2. The number of hydrogen-bond acceptors (Lipinski definition) is 7. The molecule has 0 amide bonds. The minimum atomic E-state index is -1.53. The molecule has 2 unspecified atom stereocenters. The number of carboxylic acids is 1. The Morgan fingerprint density at radius 2 is 0.671 bits per heavy atom. The highest BCUT2D eigenvalue weighted by Crippen LogP contribution is 2.18. The van der Waals surface area contributed by atoms with Crippen molar-refractivity contribution in [2.75, 3.05) is 47.5 Å². The van der Waals surface area contributed by atoms with Crippen LogP contribution in [0.5, 0.6) is 0 Å². The molecule has 0 bridgehead atoms. The summed E-state index contributed by atoms with van der Waals surface area (Å²) in [6.45, 7) is 4.75. The second-order valence-electron chi connectivity index (χ2n) is 24.5. The van der Waals surface area contributed by atoms with Gasteiger partial charge in [0.05, 0.1) is 34.4 Å². The summed E-state index contributed by atoms with van der Waals surface area (Å²) in [5.41, 5.74) is 0. The van der Waals surface area contributed by atoms with Gasteiger partial charge >= 0.3 is 17.9 Å². The van der Waals surface area contributed by atoms with E-state index in [1.165, 1.54) is 167 Å². The van der Waals surface area contributed by atoms with Crippen molar-refractivity contribution in [3.8, 4) is 0 Å². The molecule has 1 N–H and O–H groups in total. The molecule has 488 valence electrons. The number of ether oxygens (including phenoxy) is 4. The Labute approximate surface area is 524 Å². The molecule has 0 spiro atoms. The first kappa shape index (κ1) is 81.0. The van der Waals surface area contributed by atoms with Crippen molar-refractivity contribution in [1.29, 1.82) is 0 Å². The van der Waals surface area contributed by atoms with E-state index in [4.69, 9.17) is 18.9 Å².